The van der Waals surface area contributed by atoms with Gasteiger partial charge in [-0.15, -0.1) is 0 Å². The topological polar surface area (TPSA) is 80.5 Å². The first kappa shape index (κ1) is 15.4. The summed E-state index contributed by atoms with van der Waals surface area (Å²) in [5, 5.41) is 9.06. The molecule has 0 bridgehead atoms. The maximum absolute atomic E-state index is 12.8. The molecular formula is C16H19N5O2. The Morgan fingerprint density at radius 2 is 2.09 bits per heavy atom. The maximum Gasteiger partial charge on any atom is 0.254 e. The van der Waals surface area contributed by atoms with E-state index in [-0.39, 0.29) is 18.4 Å². The zero-order valence-electron chi connectivity index (χ0n) is 13.1. The normalized spacial score (nSPS) is 25.0. The highest BCUT2D eigenvalue weighted by molar-refractivity contribution is 5.96. The Morgan fingerprint density at radius 3 is 2.78 bits per heavy atom. The summed E-state index contributed by atoms with van der Waals surface area (Å²) >= 11 is 0. The van der Waals surface area contributed by atoms with Crippen LogP contribution in [0.25, 0.3) is 0 Å². The molecule has 3 heterocycles. The van der Waals surface area contributed by atoms with Crippen LogP contribution in [-0.2, 0) is 4.79 Å². The minimum Gasteiger partial charge on any atom is -0.343 e. The summed E-state index contributed by atoms with van der Waals surface area (Å²) in [6.07, 6.45) is 3.73. The molecular weight excluding hydrogens is 294 g/mol. The van der Waals surface area contributed by atoms with Gasteiger partial charge >= 0.3 is 0 Å². The predicted octanol–water partition coefficient (Wildman–Crippen LogP) is -0.0361. The number of pyridine rings is 1. The van der Waals surface area contributed by atoms with E-state index in [1.807, 2.05) is 4.90 Å². The number of aromatic nitrogens is 1. The highest BCUT2D eigenvalue weighted by atomic mass is 16.2. The van der Waals surface area contributed by atoms with Crippen LogP contribution in [0.5, 0.6) is 0 Å². The molecule has 1 aromatic heterocycles. The second-order valence-corrected chi connectivity index (χ2v) is 6.05. The molecule has 0 unspecified atom stereocenters. The third kappa shape index (κ3) is 2.55. The van der Waals surface area contributed by atoms with Gasteiger partial charge in [0.05, 0.1) is 12.6 Å². The number of carbonyl (C=O) groups excluding carboxylic acids is 2. The largest absolute Gasteiger partial charge is 0.343 e. The Morgan fingerprint density at radius 1 is 1.35 bits per heavy atom. The van der Waals surface area contributed by atoms with Gasteiger partial charge in [0.1, 0.15) is 5.54 Å². The standard InChI is InChI=1S/C16H19N5O2/c1-19-10-11-21(9-5-17)16(15(19)23)4-8-20(12-16)14(22)13-2-6-18-7-3-13/h2-3,6-7H,4,8-12H2,1H3/t16-/m0/s1. The number of hydrogen-bond acceptors (Lipinski definition) is 5. The number of piperazine rings is 1. The first-order chi connectivity index (χ1) is 11.1. The monoisotopic (exact) mass is 313 g/mol. The van der Waals surface area contributed by atoms with E-state index in [9.17, 15) is 9.59 Å². The van der Waals surface area contributed by atoms with Crippen LogP contribution in [0.15, 0.2) is 24.5 Å². The van der Waals surface area contributed by atoms with Gasteiger partial charge in [-0.2, -0.15) is 5.26 Å². The van der Waals surface area contributed by atoms with Crippen molar-refractivity contribution < 1.29 is 9.59 Å². The molecule has 2 fully saturated rings. The number of carbonyl (C=O) groups is 2. The Kier molecular flexibility index (Phi) is 4.01. The predicted molar refractivity (Wildman–Crippen MR) is 82.3 cm³/mol. The lowest BCUT2D eigenvalue weighted by Crippen LogP contribution is -2.66. The fraction of sp³-hybridized carbons (Fsp3) is 0.500. The van der Waals surface area contributed by atoms with Gasteiger partial charge in [-0.1, -0.05) is 0 Å². The van der Waals surface area contributed by atoms with E-state index in [1.54, 1.807) is 41.4 Å². The van der Waals surface area contributed by atoms with E-state index >= 15 is 0 Å². The zero-order chi connectivity index (χ0) is 16.4. The lowest BCUT2D eigenvalue weighted by atomic mass is 9.91. The highest BCUT2D eigenvalue weighted by Gasteiger charge is 2.53. The van der Waals surface area contributed by atoms with Gasteiger partial charge in [-0.3, -0.25) is 19.5 Å². The van der Waals surface area contributed by atoms with E-state index in [2.05, 4.69) is 11.1 Å². The number of rotatable bonds is 2. The molecule has 1 aromatic rings. The molecule has 2 saturated heterocycles. The molecule has 0 radical (unpaired) electrons. The van der Waals surface area contributed by atoms with Crippen molar-refractivity contribution in [2.24, 2.45) is 0 Å². The molecule has 1 atom stereocenters. The smallest absolute Gasteiger partial charge is 0.254 e. The number of likely N-dealkylation sites (N-methyl/N-ethyl adjacent to an activating group) is 1. The van der Waals surface area contributed by atoms with Crippen molar-refractivity contribution in [3.05, 3.63) is 30.1 Å². The van der Waals surface area contributed by atoms with Crippen molar-refractivity contribution in [3.8, 4) is 6.07 Å². The van der Waals surface area contributed by atoms with Crippen LogP contribution in [0.3, 0.4) is 0 Å². The van der Waals surface area contributed by atoms with Gasteiger partial charge in [0.2, 0.25) is 5.91 Å². The van der Waals surface area contributed by atoms with Crippen LogP contribution in [-0.4, -0.2) is 76.8 Å². The van der Waals surface area contributed by atoms with Crippen LogP contribution < -0.4 is 0 Å². The van der Waals surface area contributed by atoms with Crippen molar-refractivity contribution in [1.82, 2.24) is 19.7 Å². The van der Waals surface area contributed by atoms with E-state index in [1.165, 1.54) is 0 Å². The Balaban J connectivity index is 1.84. The second-order valence-electron chi connectivity index (χ2n) is 6.05. The van der Waals surface area contributed by atoms with Crippen LogP contribution >= 0.6 is 0 Å². The zero-order valence-corrected chi connectivity index (χ0v) is 13.1. The molecule has 23 heavy (non-hydrogen) atoms. The van der Waals surface area contributed by atoms with Crippen molar-refractivity contribution in [3.63, 3.8) is 0 Å². The molecule has 0 aliphatic carbocycles. The minimum atomic E-state index is -0.759. The summed E-state index contributed by atoms with van der Waals surface area (Å²) in [4.78, 5) is 34.6. The summed E-state index contributed by atoms with van der Waals surface area (Å²) in [7, 11) is 1.78. The van der Waals surface area contributed by atoms with E-state index in [4.69, 9.17) is 5.26 Å². The number of hydrogen-bond donors (Lipinski definition) is 0. The first-order valence-electron chi connectivity index (χ1n) is 7.65. The minimum absolute atomic E-state index is 0.00373. The fourth-order valence-corrected chi connectivity index (χ4v) is 3.47. The second kappa shape index (κ2) is 5.97. The summed E-state index contributed by atoms with van der Waals surface area (Å²) in [6.45, 7) is 2.33. The van der Waals surface area contributed by atoms with Gasteiger partial charge in [0.15, 0.2) is 0 Å². The lowest BCUT2D eigenvalue weighted by Gasteiger charge is -2.45. The molecule has 7 nitrogen and oxygen atoms in total. The number of likely N-dealkylation sites (tertiary alicyclic amines) is 1. The third-order valence-electron chi connectivity index (χ3n) is 4.78. The first-order valence-corrected chi connectivity index (χ1v) is 7.65. The van der Waals surface area contributed by atoms with Gasteiger partial charge in [0, 0.05) is 51.2 Å². The molecule has 2 amide bonds. The van der Waals surface area contributed by atoms with Gasteiger partial charge in [-0.25, -0.2) is 0 Å². The van der Waals surface area contributed by atoms with Gasteiger partial charge < -0.3 is 9.80 Å². The van der Waals surface area contributed by atoms with Crippen molar-refractivity contribution in [2.75, 3.05) is 39.8 Å². The highest BCUT2D eigenvalue weighted by Crippen LogP contribution is 2.33. The van der Waals surface area contributed by atoms with Crippen LogP contribution in [0.4, 0.5) is 0 Å². The summed E-state index contributed by atoms with van der Waals surface area (Å²) < 4.78 is 0. The maximum atomic E-state index is 12.8. The number of amides is 2. The molecule has 1 spiro atoms. The van der Waals surface area contributed by atoms with Crippen LogP contribution in [0.2, 0.25) is 0 Å². The number of nitriles is 1. The summed E-state index contributed by atoms with van der Waals surface area (Å²) in [5.41, 5.74) is -0.189. The average molecular weight is 313 g/mol. The van der Waals surface area contributed by atoms with Gasteiger partial charge in [0.25, 0.3) is 5.91 Å². The molecule has 0 N–H and O–H groups in total. The molecule has 3 rings (SSSR count). The Labute approximate surface area is 135 Å². The van der Waals surface area contributed by atoms with Crippen molar-refractivity contribution >= 4 is 11.8 Å². The van der Waals surface area contributed by atoms with Crippen molar-refractivity contribution in [2.45, 2.75) is 12.0 Å². The fourth-order valence-electron chi connectivity index (χ4n) is 3.47. The molecule has 120 valence electrons. The Hall–Kier alpha value is -2.46. The van der Waals surface area contributed by atoms with Gasteiger partial charge in [-0.05, 0) is 18.6 Å². The van der Waals surface area contributed by atoms with Crippen LogP contribution in [0.1, 0.15) is 16.8 Å². The average Bonchev–Trinajstić information content (AvgIpc) is 3.02. The third-order valence-corrected chi connectivity index (χ3v) is 4.78. The molecule has 2 aliphatic heterocycles. The molecule has 2 aliphatic rings. The Bertz CT molecular complexity index is 656. The van der Waals surface area contributed by atoms with E-state index in [0.29, 0.717) is 38.2 Å². The number of nitrogens with zero attached hydrogens (tertiary/aromatic N) is 5. The molecule has 7 heteroatoms. The van der Waals surface area contributed by atoms with Crippen molar-refractivity contribution in [1.29, 1.82) is 5.26 Å². The molecule has 0 aromatic carbocycles. The quantitative estimate of drug-likeness (QED) is 0.716. The summed E-state index contributed by atoms with van der Waals surface area (Å²) in [6, 6.07) is 5.49. The van der Waals surface area contributed by atoms with E-state index < -0.39 is 5.54 Å². The molecule has 0 saturated carbocycles. The summed E-state index contributed by atoms with van der Waals surface area (Å²) in [5.74, 6) is -0.0914. The lowest BCUT2D eigenvalue weighted by molar-refractivity contribution is -0.148. The van der Waals surface area contributed by atoms with E-state index in [0.717, 1.165) is 0 Å². The van der Waals surface area contributed by atoms with Crippen LogP contribution in [0, 0.1) is 11.3 Å². The SMILES string of the molecule is CN1CCN(CC#N)[C@]2(CCN(C(=O)c3ccncc3)C2)C1=O.